The average molecular weight is 333 g/mol. The van der Waals surface area contributed by atoms with Crippen molar-refractivity contribution in [2.45, 2.75) is 19.5 Å². The SMILES string of the molecule is CCCNC(=S)N1CCN(c2ccc(C(F)(F)F)c[nH+]2)CC1. The van der Waals surface area contributed by atoms with Crippen LogP contribution in [-0.2, 0) is 6.18 Å². The summed E-state index contributed by atoms with van der Waals surface area (Å²) < 4.78 is 37.6. The molecule has 0 radical (unpaired) electrons. The van der Waals surface area contributed by atoms with Crippen molar-refractivity contribution in [3.63, 3.8) is 0 Å². The van der Waals surface area contributed by atoms with Gasteiger partial charge in [0.05, 0.1) is 18.7 Å². The number of aromatic nitrogens is 1. The van der Waals surface area contributed by atoms with Crippen LogP contribution in [0.3, 0.4) is 0 Å². The van der Waals surface area contributed by atoms with E-state index >= 15 is 0 Å². The van der Waals surface area contributed by atoms with Crippen LogP contribution in [0.4, 0.5) is 19.0 Å². The molecular weight excluding hydrogens is 313 g/mol. The van der Waals surface area contributed by atoms with Gasteiger partial charge < -0.3 is 10.2 Å². The number of hydrogen-bond acceptors (Lipinski definition) is 2. The molecule has 0 aromatic carbocycles. The Bertz CT molecular complexity index is 496. The van der Waals surface area contributed by atoms with Crippen molar-refractivity contribution in [1.29, 1.82) is 0 Å². The first-order valence-corrected chi connectivity index (χ1v) is 7.69. The Hall–Kier alpha value is -1.57. The van der Waals surface area contributed by atoms with E-state index in [2.05, 4.69) is 22.1 Å². The van der Waals surface area contributed by atoms with E-state index < -0.39 is 11.7 Å². The van der Waals surface area contributed by atoms with Gasteiger partial charge in [-0.05, 0) is 24.7 Å². The smallest absolute Gasteiger partial charge is 0.363 e. The number of rotatable bonds is 3. The number of H-pyrrole nitrogens is 1. The molecule has 1 aromatic heterocycles. The van der Waals surface area contributed by atoms with E-state index in [0.717, 1.165) is 56.5 Å². The van der Waals surface area contributed by atoms with E-state index in [1.165, 1.54) is 6.07 Å². The third-order valence-electron chi connectivity index (χ3n) is 3.56. The topological polar surface area (TPSA) is 32.6 Å². The van der Waals surface area contributed by atoms with Gasteiger partial charge in [-0.1, -0.05) is 6.92 Å². The molecule has 2 N–H and O–H groups in total. The highest BCUT2D eigenvalue weighted by atomic mass is 32.1. The second-order valence-corrected chi connectivity index (χ2v) is 5.55. The first-order valence-electron chi connectivity index (χ1n) is 7.28. The second kappa shape index (κ2) is 7.13. The third kappa shape index (κ3) is 4.22. The molecule has 0 spiro atoms. The van der Waals surface area contributed by atoms with Gasteiger partial charge in [0.2, 0.25) is 0 Å². The molecule has 1 aromatic rings. The maximum absolute atomic E-state index is 12.5. The van der Waals surface area contributed by atoms with Crippen molar-refractivity contribution in [3.8, 4) is 0 Å². The molecule has 8 heteroatoms. The van der Waals surface area contributed by atoms with E-state index in [-0.39, 0.29) is 0 Å². The minimum absolute atomic E-state index is 0.667. The van der Waals surface area contributed by atoms with Gasteiger partial charge in [-0.15, -0.1) is 0 Å². The van der Waals surface area contributed by atoms with Crippen LogP contribution in [0.15, 0.2) is 18.3 Å². The van der Waals surface area contributed by atoms with Crippen LogP contribution < -0.4 is 15.2 Å². The van der Waals surface area contributed by atoms with Crippen LogP contribution in [0.5, 0.6) is 0 Å². The highest BCUT2D eigenvalue weighted by molar-refractivity contribution is 7.80. The zero-order valence-corrected chi connectivity index (χ0v) is 13.2. The van der Waals surface area contributed by atoms with Crippen molar-refractivity contribution in [2.24, 2.45) is 0 Å². The normalized spacial score (nSPS) is 15.8. The fourth-order valence-corrected chi connectivity index (χ4v) is 2.57. The molecule has 0 saturated carbocycles. The van der Waals surface area contributed by atoms with Crippen LogP contribution >= 0.6 is 12.2 Å². The average Bonchev–Trinajstić information content (AvgIpc) is 2.52. The number of alkyl halides is 3. The van der Waals surface area contributed by atoms with Crippen LogP contribution in [-0.4, -0.2) is 42.7 Å². The molecule has 0 amide bonds. The molecule has 0 atom stereocenters. The van der Waals surface area contributed by atoms with Gasteiger partial charge in [0.15, 0.2) is 5.11 Å². The Morgan fingerprint density at radius 2 is 1.95 bits per heavy atom. The highest BCUT2D eigenvalue weighted by Gasteiger charge is 2.32. The lowest BCUT2D eigenvalue weighted by Gasteiger charge is -2.32. The molecule has 22 heavy (non-hydrogen) atoms. The Morgan fingerprint density at radius 3 is 2.45 bits per heavy atom. The van der Waals surface area contributed by atoms with Gasteiger partial charge in [-0.25, -0.2) is 4.98 Å². The standard InChI is InChI=1S/C14H19F3N4S/c1-2-5-18-13(22)21-8-6-20(7-9-21)12-4-3-11(10-19-12)14(15,16)17/h3-4,10H,2,5-9H2,1H3,(H,18,22)/p+1. The predicted molar refractivity (Wildman–Crippen MR) is 82.7 cm³/mol. The summed E-state index contributed by atoms with van der Waals surface area (Å²) in [4.78, 5) is 6.85. The minimum Gasteiger partial charge on any atom is -0.363 e. The molecule has 0 bridgehead atoms. The molecule has 0 aliphatic carbocycles. The zero-order chi connectivity index (χ0) is 16.2. The van der Waals surface area contributed by atoms with Crippen LogP contribution in [0.2, 0.25) is 0 Å². The lowest BCUT2D eigenvalue weighted by molar-refractivity contribution is -0.367. The predicted octanol–water partition coefficient (Wildman–Crippen LogP) is 1.93. The summed E-state index contributed by atoms with van der Waals surface area (Å²) in [6.07, 6.45) is -2.29. The summed E-state index contributed by atoms with van der Waals surface area (Å²) in [5.41, 5.74) is -0.667. The fraction of sp³-hybridized carbons (Fsp3) is 0.571. The monoisotopic (exact) mass is 333 g/mol. The first-order chi connectivity index (χ1) is 10.4. The molecule has 1 fully saturated rings. The number of anilines is 1. The van der Waals surface area contributed by atoms with Crippen LogP contribution in [0.25, 0.3) is 0 Å². The number of nitrogens with zero attached hydrogens (tertiary/aromatic N) is 2. The number of thiocarbonyl (C=S) groups is 1. The van der Waals surface area contributed by atoms with Gasteiger partial charge in [-0.2, -0.15) is 13.2 Å². The summed E-state index contributed by atoms with van der Waals surface area (Å²) in [7, 11) is 0. The number of halogens is 3. The number of pyridine rings is 1. The number of aromatic amines is 1. The molecule has 4 nitrogen and oxygen atoms in total. The molecule has 2 rings (SSSR count). The van der Waals surface area contributed by atoms with E-state index in [1.54, 1.807) is 0 Å². The summed E-state index contributed by atoms with van der Waals surface area (Å²) >= 11 is 5.32. The molecule has 1 saturated heterocycles. The van der Waals surface area contributed by atoms with Gasteiger partial charge >= 0.3 is 6.18 Å². The molecule has 1 aliphatic heterocycles. The summed E-state index contributed by atoms with van der Waals surface area (Å²) in [5.74, 6) is 0.695. The van der Waals surface area contributed by atoms with Crippen molar-refractivity contribution in [3.05, 3.63) is 23.9 Å². The van der Waals surface area contributed by atoms with Gasteiger partial charge in [0, 0.05) is 12.6 Å². The lowest BCUT2D eigenvalue weighted by Crippen LogP contribution is -2.52. The molecule has 122 valence electrons. The number of nitrogens with one attached hydrogen (secondary N) is 2. The lowest BCUT2D eigenvalue weighted by atomic mass is 10.2. The van der Waals surface area contributed by atoms with Crippen molar-refractivity contribution >= 4 is 23.1 Å². The molecular formula is C14H20F3N4S+. The van der Waals surface area contributed by atoms with E-state index in [0.29, 0.717) is 5.82 Å². The molecule has 0 unspecified atom stereocenters. The highest BCUT2D eigenvalue weighted by Crippen LogP contribution is 2.28. The summed E-state index contributed by atoms with van der Waals surface area (Å²) in [6, 6.07) is 2.58. The van der Waals surface area contributed by atoms with E-state index in [9.17, 15) is 13.2 Å². The van der Waals surface area contributed by atoms with Gasteiger partial charge in [0.1, 0.15) is 19.3 Å². The van der Waals surface area contributed by atoms with Gasteiger partial charge in [0.25, 0.3) is 5.82 Å². The van der Waals surface area contributed by atoms with E-state index in [4.69, 9.17) is 12.2 Å². The van der Waals surface area contributed by atoms with Crippen molar-refractivity contribution in [1.82, 2.24) is 10.2 Å². The maximum Gasteiger partial charge on any atom is 0.419 e. The number of hydrogen-bond donors (Lipinski definition) is 1. The van der Waals surface area contributed by atoms with Crippen LogP contribution in [0, 0.1) is 0 Å². The molecule has 2 heterocycles. The Balaban J connectivity index is 1.90. The summed E-state index contributed by atoms with van der Waals surface area (Å²) in [5, 5.41) is 3.93. The first kappa shape index (κ1) is 16.8. The number of piperazine rings is 1. The third-order valence-corrected chi connectivity index (χ3v) is 3.96. The van der Waals surface area contributed by atoms with Crippen molar-refractivity contribution < 1.29 is 18.2 Å². The molecule has 1 aliphatic rings. The Morgan fingerprint density at radius 1 is 1.27 bits per heavy atom. The van der Waals surface area contributed by atoms with Gasteiger partial charge in [-0.3, -0.25) is 4.90 Å². The Kier molecular flexibility index (Phi) is 5.44. The second-order valence-electron chi connectivity index (χ2n) is 5.17. The fourth-order valence-electron chi connectivity index (χ4n) is 2.28. The quantitative estimate of drug-likeness (QED) is 0.857. The van der Waals surface area contributed by atoms with Crippen molar-refractivity contribution in [2.75, 3.05) is 37.6 Å². The Labute approximate surface area is 133 Å². The van der Waals surface area contributed by atoms with E-state index in [1.807, 2.05) is 4.90 Å². The van der Waals surface area contributed by atoms with Crippen LogP contribution in [0.1, 0.15) is 18.9 Å². The maximum atomic E-state index is 12.5. The summed E-state index contributed by atoms with van der Waals surface area (Å²) in [6.45, 7) is 5.88. The minimum atomic E-state index is -4.31. The zero-order valence-electron chi connectivity index (χ0n) is 12.4. The largest absolute Gasteiger partial charge is 0.419 e.